The van der Waals surface area contributed by atoms with Gasteiger partial charge < -0.3 is 9.53 Å². The van der Waals surface area contributed by atoms with Crippen LogP contribution < -0.4 is 10.4 Å². The molecule has 0 saturated heterocycles. The van der Waals surface area contributed by atoms with Crippen LogP contribution in [0, 0.1) is 0 Å². The number of aliphatic carboxylic acids is 1. The molecule has 210 valence electrons. The van der Waals surface area contributed by atoms with Crippen molar-refractivity contribution < 1.29 is 14.3 Å². The fourth-order valence-corrected chi connectivity index (χ4v) is 10.1. The molecule has 1 unspecified atom stereocenters. The normalized spacial score (nSPS) is 13.2. The Labute approximate surface area is 233 Å². The molecular formula is C34H52O3Si. The minimum Gasteiger partial charge on any atom is -0.481 e. The first-order valence-electron chi connectivity index (χ1n) is 15.0. The predicted molar refractivity (Wildman–Crippen MR) is 165 cm³/mol. The molecule has 0 heterocycles. The molecule has 1 atom stereocenters. The average molecular weight is 537 g/mol. The molecule has 0 fully saturated rings. The van der Waals surface area contributed by atoms with Crippen molar-refractivity contribution in [2.24, 2.45) is 0 Å². The monoisotopic (exact) mass is 536 g/mol. The molecule has 4 heteroatoms. The van der Waals surface area contributed by atoms with E-state index >= 15 is 0 Å². The molecule has 0 aliphatic heterocycles. The predicted octanol–water partition coefficient (Wildman–Crippen LogP) is 8.66. The molecule has 1 N–H and O–H groups in total. The number of carboxylic acid groups (broad SMARTS) is 1. The van der Waals surface area contributed by atoms with Gasteiger partial charge in [0.15, 0.2) is 0 Å². The van der Waals surface area contributed by atoms with Crippen LogP contribution in [0.5, 0.6) is 0 Å². The maximum absolute atomic E-state index is 10.6. The number of hydrogen-bond acceptors (Lipinski definition) is 2. The minimum absolute atomic E-state index is 0.0122. The lowest BCUT2D eigenvalue weighted by Crippen LogP contribution is -2.67. The molecule has 0 spiro atoms. The molecular weight excluding hydrogens is 484 g/mol. The maximum Gasteiger partial charge on any atom is 0.303 e. The van der Waals surface area contributed by atoms with Gasteiger partial charge in [0.1, 0.15) is 0 Å². The lowest BCUT2D eigenvalue weighted by molar-refractivity contribution is -0.137. The first kappa shape index (κ1) is 32.0. The third-order valence-corrected chi connectivity index (χ3v) is 12.6. The molecule has 2 aromatic carbocycles. The van der Waals surface area contributed by atoms with E-state index in [1.807, 2.05) is 0 Å². The number of carbonyl (C=O) groups is 1. The van der Waals surface area contributed by atoms with E-state index in [0.29, 0.717) is 6.42 Å². The molecule has 0 aliphatic carbocycles. The lowest BCUT2D eigenvalue weighted by atomic mass is 10.1. The first-order chi connectivity index (χ1) is 18.3. The van der Waals surface area contributed by atoms with Crippen molar-refractivity contribution in [1.82, 2.24) is 0 Å². The van der Waals surface area contributed by atoms with E-state index < -0.39 is 14.3 Å². The number of carboxylic acids is 1. The summed E-state index contributed by atoms with van der Waals surface area (Å²) in [5.74, 6) is -0.683. The highest BCUT2D eigenvalue weighted by Gasteiger charge is 2.51. The zero-order valence-electron chi connectivity index (χ0n) is 24.5. The Morgan fingerprint density at radius 3 is 1.92 bits per heavy atom. The van der Waals surface area contributed by atoms with E-state index in [1.54, 1.807) is 0 Å². The van der Waals surface area contributed by atoms with Crippen LogP contribution in [0.2, 0.25) is 5.04 Å². The Balaban J connectivity index is 2.15. The van der Waals surface area contributed by atoms with E-state index in [2.05, 4.69) is 101 Å². The van der Waals surface area contributed by atoms with Crippen LogP contribution >= 0.6 is 0 Å². The highest BCUT2D eigenvalue weighted by Crippen LogP contribution is 2.38. The van der Waals surface area contributed by atoms with Gasteiger partial charge in [-0.05, 0) is 47.5 Å². The lowest BCUT2D eigenvalue weighted by Gasteiger charge is -2.45. The Morgan fingerprint density at radius 2 is 1.37 bits per heavy atom. The quantitative estimate of drug-likeness (QED) is 0.111. The molecule has 0 aromatic heterocycles. The SMILES string of the molecule is CCCCCCC(C/C=C/CCCCCCCC(=O)O)O[Si](c1ccccc1)(c1ccccc1)C(C)(C)C. The molecule has 3 nitrogen and oxygen atoms in total. The van der Waals surface area contributed by atoms with E-state index in [4.69, 9.17) is 9.53 Å². The second-order valence-electron chi connectivity index (χ2n) is 11.7. The van der Waals surface area contributed by atoms with Gasteiger partial charge in [-0.15, -0.1) is 0 Å². The molecule has 2 aromatic rings. The van der Waals surface area contributed by atoms with Gasteiger partial charge in [0.2, 0.25) is 0 Å². The molecule has 0 amide bonds. The fourth-order valence-electron chi connectivity index (χ4n) is 5.40. The van der Waals surface area contributed by atoms with Gasteiger partial charge in [0, 0.05) is 12.5 Å². The summed E-state index contributed by atoms with van der Waals surface area (Å²) in [6.07, 6.45) is 18.6. The van der Waals surface area contributed by atoms with E-state index in [1.165, 1.54) is 48.9 Å². The first-order valence-corrected chi connectivity index (χ1v) is 16.9. The van der Waals surface area contributed by atoms with Crippen molar-refractivity contribution in [2.75, 3.05) is 0 Å². The van der Waals surface area contributed by atoms with Crippen molar-refractivity contribution in [3.05, 3.63) is 72.8 Å². The van der Waals surface area contributed by atoms with E-state index in [9.17, 15) is 4.79 Å². The molecule has 0 aliphatic rings. The minimum atomic E-state index is -2.56. The number of allylic oxidation sites excluding steroid dienone is 1. The Morgan fingerprint density at radius 1 is 0.816 bits per heavy atom. The summed E-state index contributed by atoms with van der Waals surface area (Å²) in [6, 6.07) is 22.0. The van der Waals surface area contributed by atoms with Crippen LogP contribution in [0.15, 0.2) is 72.8 Å². The molecule has 0 bridgehead atoms. The summed E-state index contributed by atoms with van der Waals surface area (Å²) in [5, 5.41) is 11.5. The van der Waals surface area contributed by atoms with Crippen molar-refractivity contribution in [2.45, 2.75) is 122 Å². The Bertz CT molecular complexity index is 878. The van der Waals surface area contributed by atoms with Crippen LogP contribution in [0.1, 0.15) is 111 Å². The van der Waals surface area contributed by atoms with Crippen LogP contribution in [-0.2, 0) is 9.22 Å². The van der Waals surface area contributed by atoms with Crippen LogP contribution in [0.3, 0.4) is 0 Å². The van der Waals surface area contributed by atoms with Gasteiger partial charge in [0.25, 0.3) is 8.32 Å². The number of rotatable bonds is 19. The van der Waals surface area contributed by atoms with Crippen LogP contribution in [-0.4, -0.2) is 25.5 Å². The van der Waals surface area contributed by atoms with E-state index in [-0.39, 0.29) is 11.1 Å². The van der Waals surface area contributed by atoms with Gasteiger partial charge in [-0.1, -0.05) is 145 Å². The number of hydrogen-bond donors (Lipinski definition) is 1. The average Bonchev–Trinajstić information content (AvgIpc) is 2.90. The second-order valence-corrected chi connectivity index (χ2v) is 15.9. The zero-order chi connectivity index (χ0) is 27.7. The molecule has 0 radical (unpaired) electrons. The standard InChI is InChI=1S/C34H52O3Si/c1-5-6-7-16-23-30(24-17-12-10-8-9-11-13-22-29-33(35)36)37-38(34(2,3)4,31-25-18-14-19-26-31)32-27-20-15-21-28-32/h12,14-15,17-21,25-28,30H,5-11,13,16,22-24,29H2,1-4H3,(H,35,36)/b17-12+. The fraction of sp³-hybridized carbons (Fsp3) is 0.559. The van der Waals surface area contributed by atoms with Crippen molar-refractivity contribution >= 4 is 24.7 Å². The molecule has 2 rings (SSSR count). The summed E-state index contributed by atoms with van der Waals surface area (Å²) in [5.41, 5.74) is 0. The van der Waals surface area contributed by atoms with E-state index in [0.717, 1.165) is 38.5 Å². The maximum atomic E-state index is 10.6. The summed E-state index contributed by atoms with van der Waals surface area (Å²) >= 11 is 0. The van der Waals surface area contributed by atoms with Crippen molar-refractivity contribution in [3.63, 3.8) is 0 Å². The van der Waals surface area contributed by atoms with Gasteiger partial charge in [0.05, 0.1) is 0 Å². The highest BCUT2D eigenvalue weighted by molar-refractivity contribution is 6.99. The third-order valence-electron chi connectivity index (χ3n) is 7.47. The third kappa shape index (κ3) is 10.5. The van der Waals surface area contributed by atoms with Crippen molar-refractivity contribution in [1.29, 1.82) is 0 Å². The summed E-state index contributed by atoms with van der Waals surface area (Å²) < 4.78 is 7.49. The van der Waals surface area contributed by atoms with Gasteiger partial charge in [-0.2, -0.15) is 0 Å². The summed E-state index contributed by atoms with van der Waals surface area (Å²) in [6.45, 7) is 9.35. The largest absolute Gasteiger partial charge is 0.481 e. The van der Waals surface area contributed by atoms with Gasteiger partial charge in [-0.3, -0.25) is 4.79 Å². The number of benzene rings is 2. The van der Waals surface area contributed by atoms with Crippen LogP contribution in [0.4, 0.5) is 0 Å². The zero-order valence-corrected chi connectivity index (χ0v) is 25.5. The van der Waals surface area contributed by atoms with Gasteiger partial charge >= 0.3 is 5.97 Å². The highest BCUT2D eigenvalue weighted by atomic mass is 28.4. The smallest absolute Gasteiger partial charge is 0.303 e. The van der Waals surface area contributed by atoms with Gasteiger partial charge in [-0.25, -0.2) is 0 Å². The second kappa shape index (κ2) is 17.4. The number of unbranched alkanes of at least 4 members (excludes halogenated alkanes) is 8. The topological polar surface area (TPSA) is 46.5 Å². The summed E-state index contributed by atoms with van der Waals surface area (Å²) in [4.78, 5) is 10.6. The molecule has 38 heavy (non-hydrogen) atoms. The Kier molecular flexibility index (Phi) is 14.7. The summed E-state index contributed by atoms with van der Waals surface area (Å²) in [7, 11) is -2.56. The molecule has 0 saturated carbocycles. The van der Waals surface area contributed by atoms with Crippen molar-refractivity contribution in [3.8, 4) is 0 Å². The Hall–Kier alpha value is -2.17. The van der Waals surface area contributed by atoms with Crippen LogP contribution in [0.25, 0.3) is 0 Å².